The fourth-order valence-corrected chi connectivity index (χ4v) is 1.46. The van der Waals surface area contributed by atoms with Gasteiger partial charge >= 0.3 is 5.97 Å². The Hall–Kier alpha value is -1.10. The van der Waals surface area contributed by atoms with Gasteiger partial charge in [-0.25, -0.2) is 0 Å². The Labute approximate surface area is 82.4 Å². The number of hydrogen-bond donors (Lipinski definition) is 2. The van der Waals surface area contributed by atoms with Crippen LogP contribution in [-0.4, -0.2) is 35.7 Å². The zero-order valence-corrected chi connectivity index (χ0v) is 8.32. The number of aliphatic carboxylic acids is 1. The van der Waals surface area contributed by atoms with Gasteiger partial charge in [-0.15, -0.1) is 0 Å². The molecule has 1 amide bonds. The smallest absolute Gasteiger partial charge is 0.325 e. The van der Waals surface area contributed by atoms with Gasteiger partial charge in [-0.2, -0.15) is 0 Å². The molecule has 1 rings (SSSR count). The maximum Gasteiger partial charge on any atom is 0.325 e. The Morgan fingerprint density at radius 2 is 2.21 bits per heavy atom. The van der Waals surface area contributed by atoms with Crippen molar-refractivity contribution in [2.24, 2.45) is 5.92 Å². The van der Waals surface area contributed by atoms with Crippen molar-refractivity contribution in [2.75, 3.05) is 6.61 Å². The molecule has 0 spiro atoms. The van der Waals surface area contributed by atoms with Gasteiger partial charge in [0.1, 0.15) is 6.04 Å². The van der Waals surface area contributed by atoms with Crippen molar-refractivity contribution < 1.29 is 19.4 Å². The lowest BCUT2D eigenvalue weighted by Crippen LogP contribution is -2.43. The second kappa shape index (κ2) is 4.41. The summed E-state index contributed by atoms with van der Waals surface area (Å²) in [6.45, 7) is 3.84. The summed E-state index contributed by atoms with van der Waals surface area (Å²) in [6, 6.07) is -0.838. The van der Waals surface area contributed by atoms with E-state index in [9.17, 15) is 9.59 Å². The first kappa shape index (κ1) is 11.0. The van der Waals surface area contributed by atoms with Crippen molar-refractivity contribution >= 4 is 11.9 Å². The van der Waals surface area contributed by atoms with E-state index < -0.39 is 12.0 Å². The number of amides is 1. The van der Waals surface area contributed by atoms with Crippen LogP contribution in [0.15, 0.2) is 0 Å². The first-order valence-electron chi connectivity index (χ1n) is 4.67. The van der Waals surface area contributed by atoms with Crippen LogP contribution in [0.4, 0.5) is 0 Å². The maximum atomic E-state index is 11.5. The number of carbonyl (C=O) groups is 2. The summed E-state index contributed by atoms with van der Waals surface area (Å²) >= 11 is 0. The Morgan fingerprint density at radius 3 is 2.64 bits per heavy atom. The van der Waals surface area contributed by atoms with Gasteiger partial charge in [0.2, 0.25) is 5.91 Å². The zero-order chi connectivity index (χ0) is 10.7. The van der Waals surface area contributed by atoms with E-state index in [1.165, 1.54) is 6.92 Å². The molecule has 3 atom stereocenters. The minimum atomic E-state index is -1.02. The monoisotopic (exact) mass is 201 g/mol. The molecule has 1 aliphatic heterocycles. The Kier molecular flexibility index (Phi) is 3.46. The molecule has 5 nitrogen and oxygen atoms in total. The third kappa shape index (κ3) is 2.45. The van der Waals surface area contributed by atoms with Gasteiger partial charge < -0.3 is 15.2 Å². The Morgan fingerprint density at radius 1 is 1.57 bits per heavy atom. The van der Waals surface area contributed by atoms with Gasteiger partial charge in [-0.05, 0) is 20.3 Å². The second-order valence-corrected chi connectivity index (χ2v) is 3.54. The van der Waals surface area contributed by atoms with Crippen LogP contribution in [-0.2, 0) is 14.3 Å². The molecule has 1 saturated heterocycles. The highest BCUT2D eigenvalue weighted by Gasteiger charge is 2.31. The lowest BCUT2D eigenvalue weighted by molar-refractivity contribution is -0.142. The van der Waals surface area contributed by atoms with Crippen molar-refractivity contribution in [3.8, 4) is 0 Å². The van der Waals surface area contributed by atoms with Crippen LogP contribution in [0, 0.1) is 5.92 Å². The average Bonchev–Trinajstić information content (AvgIpc) is 2.51. The van der Waals surface area contributed by atoms with Gasteiger partial charge in [0.25, 0.3) is 0 Å². The molecule has 2 N–H and O–H groups in total. The van der Waals surface area contributed by atoms with Gasteiger partial charge in [-0.3, -0.25) is 9.59 Å². The van der Waals surface area contributed by atoms with Crippen LogP contribution in [0.2, 0.25) is 0 Å². The molecule has 2 unspecified atom stereocenters. The second-order valence-electron chi connectivity index (χ2n) is 3.54. The number of carboxylic acids is 1. The third-order valence-corrected chi connectivity index (χ3v) is 2.44. The summed E-state index contributed by atoms with van der Waals surface area (Å²) < 4.78 is 5.22. The molecule has 0 radical (unpaired) electrons. The molecule has 14 heavy (non-hydrogen) atoms. The maximum absolute atomic E-state index is 11.5. The summed E-state index contributed by atoms with van der Waals surface area (Å²) in [6.07, 6.45) is 0.551. The topological polar surface area (TPSA) is 75.6 Å². The molecule has 0 aromatic carbocycles. The fourth-order valence-electron chi connectivity index (χ4n) is 1.46. The minimum Gasteiger partial charge on any atom is -0.480 e. The van der Waals surface area contributed by atoms with E-state index in [2.05, 4.69) is 5.32 Å². The number of ether oxygens (including phenoxy) is 1. The van der Waals surface area contributed by atoms with E-state index in [1.807, 2.05) is 6.92 Å². The van der Waals surface area contributed by atoms with Crippen LogP contribution >= 0.6 is 0 Å². The van der Waals surface area contributed by atoms with Crippen molar-refractivity contribution in [1.82, 2.24) is 5.32 Å². The standard InChI is InChI=1S/C9H15NO4/c1-5(9(12)13)10-8(11)7-3-4-14-6(7)2/h5-7H,3-4H2,1-2H3,(H,10,11)(H,12,13)/t5-,6?,7?/m1/s1. The fraction of sp³-hybridized carbons (Fsp3) is 0.778. The molecule has 0 aromatic rings. The first-order chi connectivity index (χ1) is 6.52. The predicted molar refractivity (Wildman–Crippen MR) is 48.8 cm³/mol. The molecular weight excluding hydrogens is 186 g/mol. The molecule has 0 aliphatic carbocycles. The van der Waals surface area contributed by atoms with Crippen molar-refractivity contribution in [2.45, 2.75) is 32.4 Å². The lowest BCUT2D eigenvalue weighted by Gasteiger charge is -2.16. The number of carbonyl (C=O) groups excluding carboxylic acids is 1. The summed E-state index contributed by atoms with van der Waals surface area (Å²) in [5.74, 6) is -1.47. The molecule has 0 saturated carbocycles. The number of carboxylic acid groups (broad SMARTS) is 1. The van der Waals surface area contributed by atoms with Crippen molar-refractivity contribution in [1.29, 1.82) is 0 Å². The number of rotatable bonds is 3. The first-order valence-corrected chi connectivity index (χ1v) is 4.67. The SMILES string of the molecule is CC1OCCC1C(=O)N[C@H](C)C(=O)O. The molecule has 1 fully saturated rings. The van der Waals surface area contributed by atoms with Crippen LogP contribution in [0.1, 0.15) is 20.3 Å². The minimum absolute atomic E-state index is 0.115. The predicted octanol–water partition coefficient (Wildman–Crippen LogP) is 0.000700. The quantitative estimate of drug-likeness (QED) is 0.674. The number of hydrogen-bond acceptors (Lipinski definition) is 3. The van der Waals surface area contributed by atoms with E-state index in [-0.39, 0.29) is 17.9 Å². The van der Waals surface area contributed by atoms with Crippen LogP contribution < -0.4 is 5.32 Å². The molecular formula is C9H15NO4. The summed E-state index contributed by atoms with van der Waals surface area (Å²) in [7, 11) is 0. The van der Waals surface area contributed by atoms with Gasteiger partial charge in [0.05, 0.1) is 12.0 Å². The van der Waals surface area contributed by atoms with Crippen molar-refractivity contribution in [3.63, 3.8) is 0 Å². The largest absolute Gasteiger partial charge is 0.480 e. The van der Waals surface area contributed by atoms with Gasteiger partial charge in [-0.1, -0.05) is 0 Å². The average molecular weight is 201 g/mol. The van der Waals surface area contributed by atoms with E-state index in [4.69, 9.17) is 9.84 Å². The van der Waals surface area contributed by atoms with Gasteiger partial charge in [0.15, 0.2) is 0 Å². The molecule has 0 bridgehead atoms. The number of nitrogens with one attached hydrogen (secondary N) is 1. The highest BCUT2D eigenvalue weighted by Crippen LogP contribution is 2.20. The van der Waals surface area contributed by atoms with E-state index >= 15 is 0 Å². The van der Waals surface area contributed by atoms with E-state index in [0.29, 0.717) is 13.0 Å². The highest BCUT2D eigenvalue weighted by molar-refractivity contribution is 5.85. The Bertz CT molecular complexity index is 241. The summed E-state index contributed by atoms with van der Waals surface area (Å²) in [5.41, 5.74) is 0. The molecule has 1 aliphatic rings. The Balaban J connectivity index is 2.45. The van der Waals surface area contributed by atoms with Crippen LogP contribution in [0.5, 0.6) is 0 Å². The highest BCUT2D eigenvalue weighted by atomic mass is 16.5. The van der Waals surface area contributed by atoms with Crippen molar-refractivity contribution in [3.05, 3.63) is 0 Å². The van der Waals surface area contributed by atoms with E-state index in [1.54, 1.807) is 0 Å². The zero-order valence-electron chi connectivity index (χ0n) is 8.32. The third-order valence-electron chi connectivity index (χ3n) is 2.44. The summed E-state index contributed by atoms with van der Waals surface area (Å²) in [4.78, 5) is 22.0. The molecule has 80 valence electrons. The lowest BCUT2D eigenvalue weighted by atomic mass is 10.0. The van der Waals surface area contributed by atoms with Crippen LogP contribution in [0.3, 0.4) is 0 Å². The van der Waals surface area contributed by atoms with Crippen LogP contribution in [0.25, 0.3) is 0 Å². The van der Waals surface area contributed by atoms with E-state index in [0.717, 1.165) is 0 Å². The molecule has 5 heteroatoms. The normalized spacial score (nSPS) is 28.4. The van der Waals surface area contributed by atoms with Gasteiger partial charge in [0, 0.05) is 6.61 Å². The summed E-state index contributed by atoms with van der Waals surface area (Å²) in [5, 5.41) is 11.0. The molecule has 0 aromatic heterocycles. The molecule has 1 heterocycles.